The second kappa shape index (κ2) is 3.70. The van der Waals surface area contributed by atoms with E-state index in [1.165, 1.54) is 6.34 Å². The molecule has 0 bridgehead atoms. The summed E-state index contributed by atoms with van der Waals surface area (Å²) < 4.78 is 5.25. The van der Waals surface area contributed by atoms with Crippen molar-refractivity contribution in [2.24, 2.45) is 15.0 Å². The average Bonchev–Trinajstić information content (AvgIpc) is 2.78. The Kier molecular flexibility index (Phi) is 2.56. The minimum atomic E-state index is 0. The van der Waals surface area contributed by atoms with Crippen LogP contribution >= 0.6 is 28.7 Å². The quantitative estimate of drug-likeness (QED) is 0.788. The van der Waals surface area contributed by atoms with Gasteiger partial charge in [-0.25, -0.2) is 15.0 Å². The molecule has 3 heterocycles. The van der Waals surface area contributed by atoms with Crippen LogP contribution in [-0.2, 0) is 0 Å². The summed E-state index contributed by atoms with van der Waals surface area (Å²) in [6.07, 6.45) is 3.18. The van der Waals surface area contributed by atoms with Crippen molar-refractivity contribution >= 4 is 46.0 Å². The third-order valence-electron chi connectivity index (χ3n) is 1.80. The molecule has 0 N–H and O–H groups in total. The lowest BCUT2D eigenvalue weighted by Crippen LogP contribution is -1.94. The Morgan fingerprint density at radius 2 is 2.36 bits per heavy atom. The Bertz CT molecular complexity index is 424. The van der Waals surface area contributed by atoms with Crippen LogP contribution in [0.25, 0.3) is 0 Å². The van der Waals surface area contributed by atoms with E-state index in [1.54, 1.807) is 18.0 Å². The molecule has 1 aromatic rings. The van der Waals surface area contributed by atoms with Crippen molar-refractivity contribution in [3.05, 3.63) is 24.2 Å². The molecule has 72 valence electrons. The van der Waals surface area contributed by atoms with Gasteiger partial charge in [-0.05, 0) is 12.1 Å². The molecule has 0 aromatic carbocycles. The van der Waals surface area contributed by atoms with Gasteiger partial charge in [0.2, 0.25) is 0 Å². The predicted molar refractivity (Wildman–Crippen MR) is 62.7 cm³/mol. The summed E-state index contributed by atoms with van der Waals surface area (Å²) in [6.45, 7) is 0. The maximum absolute atomic E-state index is 5.25. The number of amidine groups is 1. The molecule has 2 aliphatic heterocycles. The van der Waals surface area contributed by atoms with Crippen LogP contribution in [0.5, 0.6) is 0 Å². The molecule has 6 heteroatoms. The van der Waals surface area contributed by atoms with E-state index in [1.807, 2.05) is 12.1 Å². The minimum absolute atomic E-state index is 0. The number of thioether (sulfide) groups is 1. The molecule has 14 heavy (non-hydrogen) atoms. The molecule has 1 unspecified atom stereocenters. The van der Waals surface area contributed by atoms with Crippen LogP contribution in [0.1, 0.15) is 11.1 Å². The maximum atomic E-state index is 5.25. The van der Waals surface area contributed by atoms with E-state index in [0.717, 1.165) is 16.6 Å². The summed E-state index contributed by atoms with van der Waals surface area (Å²) in [4.78, 5) is 12.4. The van der Waals surface area contributed by atoms with Gasteiger partial charge >= 0.3 is 0 Å². The van der Waals surface area contributed by atoms with Gasteiger partial charge in [-0.2, -0.15) is 0 Å². The first-order chi connectivity index (χ1) is 6.43. The molecule has 1 atom stereocenters. The SMILES string of the molecule is Br.C1=NC2=NC(c3ccco3)SC2=N1. The van der Waals surface area contributed by atoms with Crippen molar-refractivity contribution in [2.45, 2.75) is 5.37 Å². The Balaban J connectivity index is 0.000000750. The highest BCUT2D eigenvalue weighted by Crippen LogP contribution is 2.38. The molecule has 0 saturated heterocycles. The molecule has 0 spiro atoms. The van der Waals surface area contributed by atoms with E-state index in [4.69, 9.17) is 4.42 Å². The van der Waals surface area contributed by atoms with Gasteiger partial charge in [0.15, 0.2) is 11.2 Å². The second-order valence-corrected chi connectivity index (χ2v) is 3.69. The summed E-state index contributed by atoms with van der Waals surface area (Å²) in [5.41, 5.74) is 0. The van der Waals surface area contributed by atoms with Gasteiger partial charge in [-0.15, -0.1) is 17.0 Å². The van der Waals surface area contributed by atoms with Crippen LogP contribution in [-0.4, -0.2) is 17.2 Å². The number of hydrogen-bond acceptors (Lipinski definition) is 5. The van der Waals surface area contributed by atoms with Crippen LogP contribution in [0.4, 0.5) is 0 Å². The summed E-state index contributed by atoms with van der Waals surface area (Å²) in [5, 5.41) is 0.891. The first-order valence-electron chi connectivity index (χ1n) is 3.82. The fourth-order valence-corrected chi connectivity index (χ4v) is 2.15. The molecule has 2 aliphatic rings. The first-order valence-corrected chi connectivity index (χ1v) is 4.70. The molecule has 4 nitrogen and oxygen atoms in total. The fourth-order valence-electron chi connectivity index (χ4n) is 1.22. The second-order valence-electron chi connectivity index (χ2n) is 2.62. The number of aliphatic imine (C=N–C) groups is 3. The van der Waals surface area contributed by atoms with Crippen molar-refractivity contribution in [2.75, 3.05) is 0 Å². The normalized spacial score (nSPS) is 22.7. The largest absolute Gasteiger partial charge is 0.466 e. The van der Waals surface area contributed by atoms with E-state index >= 15 is 0 Å². The smallest absolute Gasteiger partial charge is 0.183 e. The van der Waals surface area contributed by atoms with Crippen molar-refractivity contribution in [1.82, 2.24) is 0 Å². The lowest BCUT2D eigenvalue weighted by molar-refractivity contribution is 0.510. The van der Waals surface area contributed by atoms with Gasteiger partial charge in [0.05, 0.1) is 6.26 Å². The highest BCUT2D eigenvalue weighted by molar-refractivity contribution is 8.93. The van der Waals surface area contributed by atoms with Crippen molar-refractivity contribution in [3.63, 3.8) is 0 Å². The third kappa shape index (κ3) is 1.44. The number of furan rings is 1. The zero-order chi connectivity index (χ0) is 8.67. The van der Waals surface area contributed by atoms with Crippen molar-refractivity contribution in [3.8, 4) is 0 Å². The zero-order valence-electron chi connectivity index (χ0n) is 6.95. The molecule has 1 aromatic heterocycles. The number of hydrogen-bond donors (Lipinski definition) is 0. The molecule has 0 fully saturated rings. The van der Waals surface area contributed by atoms with Crippen LogP contribution in [0.2, 0.25) is 0 Å². The van der Waals surface area contributed by atoms with Crippen LogP contribution in [0, 0.1) is 0 Å². The third-order valence-corrected chi connectivity index (χ3v) is 2.87. The van der Waals surface area contributed by atoms with Crippen molar-refractivity contribution in [1.29, 1.82) is 0 Å². The van der Waals surface area contributed by atoms with Gasteiger partial charge in [0, 0.05) is 0 Å². The molecule has 3 rings (SSSR count). The number of nitrogens with zero attached hydrogens (tertiary/aromatic N) is 3. The summed E-state index contributed by atoms with van der Waals surface area (Å²) in [6, 6.07) is 3.77. The Labute approximate surface area is 95.0 Å². The van der Waals surface area contributed by atoms with Gasteiger partial charge in [-0.1, -0.05) is 11.8 Å². The lowest BCUT2D eigenvalue weighted by Gasteiger charge is -1.98. The molecule has 0 amide bonds. The van der Waals surface area contributed by atoms with Gasteiger partial charge in [0.1, 0.15) is 17.1 Å². The van der Waals surface area contributed by atoms with Gasteiger partial charge in [0.25, 0.3) is 0 Å². The highest BCUT2D eigenvalue weighted by Gasteiger charge is 2.29. The average molecular weight is 272 g/mol. The predicted octanol–water partition coefficient (Wildman–Crippen LogP) is 2.44. The van der Waals surface area contributed by atoms with E-state index in [9.17, 15) is 0 Å². The zero-order valence-corrected chi connectivity index (χ0v) is 9.48. The topological polar surface area (TPSA) is 50.2 Å². The van der Waals surface area contributed by atoms with E-state index in [0.29, 0.717) is 0 Å². The number of halogens is 1. The minimum Gasteiger partial charge on any atom is -0.466 e. The molecular formula is C8H6BrN3OS. The first kappa shape index (κ1) is 9.67. The van der Waals surface area contributed by atoms with Crippen LogP contribution in [0.3, 0.4) is 0 Å². The standard InChI is InChI=1S/C8H5N3OS.BrH/c1-2-5(12-3-1)7-11-6-8(13-7)10-4-9-6;/h1-4,7H;1H. The highest BCUT2D eigenvalue weighted by atomic mass is 79.9. The summed E-state index contributed by atoms with van der Waals surface area (Å²) in [7, 11) is 0. The Morgan fingerprint density at radius 3 is 3.07 bits per heavy atom. The monoisotopic (exact) mass is 271 g/mol. The molecular weight excluding hydrogens is 266 g/mol. The van der Waals surface area contributed by atoms with Crippen molar-refractivity contribution < 1.29 is 4.42 Å². The van der Waals surface area contributed by atoms with Crippen LogP contribution in [0.15, 0.2) is 37.8 Å². The molecule has 0 saturated carbocycles. The van der Waals surface area contributed by atoms with E-state index < -0.39 is 0 Å². The van der Waals surface area contributed by atoms with E-state index in [2.05, 4.69) is 15.0 Å². The summed E-state index contributed by atoms with van der Waals surface area (Å²) >= 11 is 1.57. The van der Waals surface area contributed by atoms with Gasteiger partial charge in [-0.3, -0.25) is 0 Å². The number of rotatable bonds is 1. The lowest BCUT2D eigenvalue weighted by atomic mass is 10.4. The van der Waals surface area contributed by atoms with Gasteiger partial charge < -0.3 is 4.42 Å². The fraction of sp³-hybridized carbons (Fsp3) is 0.125. The molecule has 0 aliphatic carbocycles. The number of fused-ring (bicyclic) bond motifs is 1. The Morgan fingerprint density at radius 1 is 1.43 bits per heavy atom. The van der Waals surface area contributed by atoms with Crippen LogP contribution < -0.4 is 0 Å². The van der Waals surface area contributed by atoms with E-state index in [-0.39, 0.29) is 22.4 Å². The maximum Gasteiger partial charge on any atom is 0.183 e. The summed E-state index contributed by atoms with van der Waals surface area (Å²) in [5.74, 6) is 1.58. The Hall–Kier alpha value is -0.880. The molecule has 0 radical (unpaired) electrons.